The second kappa shape index (κ2) is 8.78. The third-order valence-corrected chi connectivity index (χ3v) is 5.91. The first-order valence-electron chi connectivity index (χ1n) is 10.4. The topological polar surface area (TPSA) is 67.8 Å². The molecule has 0 N–H and O–H groups in total. The normalized spacial score (nSPS) is 17.0. The van der Waals surface area contributed by atoms with Gasteiger partial charge in [0.25, 0.3) is 0 Å². The van der Waals surface area contributed by atoms with Crippen molar-refractivity contribution in [2.75, 3.05) is 26.7 Å². The molecule has 1 aromatic heterocycles. The largest absolute Gasteiger partial charge is 0.437 e. The lowest BCUT2D eigenvalue weighted by atomic mass is 9.91. The van der Waals surface area contributed by atoms with Crippen LogP contribution in [-0.2, 0) is 12.8 Å². The molecule has 4 rings (SSSR count). The molecule has 1 aliphatic carbocycles. The summed E-state index contributed by atoms with van der Waals surface area (Å²) in [7, 11) is 1.66. The van der Waals surface area contributed by atoms with Gasteiger partial charge >= 0.3 is 6.09 Å². The van der Waals surface area contributed by atoms with Crippen LogP contribution in [0.1, 0.15) is 37.3 Å². The summed E-state index contributed by atoms with van der Waals surface area (Å²) < 4.78 is 11.0. The van der Waals surface area contributed by atoms with Crippen molar-refractivity contribution in [1.82, 2.24) is 19.8 Å². The molecule has 0 unspecified atom stereocenters. The number of rotatable bonds is 5. The van der Waals surface area contributed by atoms with Crippen LogP contribution in [0.25, 0.3) is 0 Å². The lowest BCUT2D eigenvalue weighted by Gasteiger charge is -2.36. The first-order chi connectivity index (χ1) is 14.1. The average molecular weight is 396 g/mol. The molecule has 0 spiro atoms. The first kappa shape index (κ1) is 19.6. The third kappa shape index (κ3) is 4.67. The summed E-state index contributed by atoms with van der Waals surface area (Å²) in [6, 6.07) is 7.06. The van der Waals surface area contributed by atoms with Gasteiger partial charge in [0.2, 0.25) is 11.8 Å². The fraction of sp³-hybridized carbons (Fsp3) is 0.500. The summed E-state index contributed by atoms with van der Waals surface area (Å²) in [6.45, 7) is 4.70. The number of carbonyl (C=O) groups excluding carboxylic acids is 1. The van der Waals surface area contributed by atoms with Gasteiger partial charge in [-0.15, -0.1) is 0 Å². The van der Waals surface area contributed by atoms with Crippen LogP contribution in [0.5, 0.6) is 17.5 Å². The average Bonchev–Trinajstić information content (AvgIpc) is 2.90. The van der Waals surface area contributed by atoms with Crippen molar-refractivity contribution in [3.8, 4) is 17.5 Å². The first-order valence-corrected chi connectivity index (χ1v) is 10.4. The van der Waals surface area contributed by atoms with E-state index in [2.05, 4.69) is 27.0 Å². The van der Waals surface area contributed by atoms with Gasteiger partial charge in [-0.25, -0.2) is 14.8 Å². The van der Waals surface area contributed by atoms with E-state index in [0.29, 0.717) is 12.4 Å². The molecule has 0 saturated heterocycles. The lowest BCUT2D eigenvalue weighted by Crippen LogP contribution is -2.41. The van der Waals surface area contributed by atoms with E-state index in [1.165, 1.54) is 47.7 Å². The van der Waals surface area contributed by atoms with Crippen LogP contribution in [0.15, 0.2) is 30.6 Å². The molecule has 1 amide bonds. The van der Waals surface area contributed by atoms with Crippen LogP contribution in [0.2, 0.25) is 0 Å². The highest BCUT2D eigenvalue weighted by molar-refractivity contribution is 5.69. The van der Waals surface area contributed by atoms with Gasteiger partial charge in [0.15, 0.2) is 0 Å². The fourth-order valence-corrected chi connectivity index (χ4v) is 3.73. The maximum absolute atomic E-state index is 11.8. The molecular weight excluding hydrogens is 368 g/mol. The highest BCUT2D eigenvalue weighted by Crippen LogP contribution is 2.29. The Bertz CT molecular complexity index is 852. The van der Waals surface area contributed by atoms with Gasteiger partial charge in [-0.05, 0) is 55.9 Å². The predicted molar refractivity (Wildman–Crippen MR) is 109 cm³/mol. The van der Waals surface area contributed by atoms with Crippen LogP contribution in [0.4, 0.5) is 4.79 Å². The summed E-state index contributed by atoms with van der Waals surface area (Å²) >= 11 is 0. The van der Waals surface area contributed by atoms with Crippen molar-refractivity contribution < 1.29 is 14.3 Å². The lowest BCUT2D eigenvalue weighted by molar-refractivity contribution is 0.133. The minimum Gasteiger partial charge on any atom is -0.437 e. The quantitative estimate of drug-likeness (QED) is 0.768. The zero-order valence-corrected chi connectivity index (χ0v) is 17.1. The monoisotopic (exact) mass is 396 g/mol. The number of hydrogen-bond donors (Lipinski definition) is 0. The number of nitrogens with zero attached hydrogens (tertiary/aromatic N) is 4. The molecule has 0 bridgehead atoms. The number of fused-ring (bicyclic) bond motifs is 1. The molecule has 2 aromatic rings. The second-order valence-electron chi connectivity index (χ2n) is 7.73. The molecular formula is C22H28N4O3. The predicted octanol–water partition coefficient (Wildman–Crippen LogP) is 3.67. The van der Waals surface area contributed by atoms with Gasteiger partial charge in [0, 0.05) is 32.7 Å². The van der Waals surface area contributed by atoms with E-state index in [1.807, 2.05) is 13.0 Å². The van der Waals surface area contributed by atoms with E-state index in [-0.39, 0.29) is 5.88 Å². The van der Waals surface area contributed by atoms with E-state index < -0.39 is 6.09 Å². The summed E-state index contributed by atoms with van der Waals surface area (Å²) in [5.74, 6) is 1.28. The highest BCUT2D eigenvalue weighted by atomic mass is 16.6. The molecule has 154 valence electrons. The van der Waals surface area contributed by atoms with E-state index in [4.69, 9.17) is 9.47 Å². The van der Waals surface area contributed by atoms with E-state index >= 15 is 0 Å². The molecule has 1 aromatic carbocycles. The van der Waals surface area contributed by atoms with Gasteiger partial charge in [0.05, 0.1) is 12.4 Å². The maximum Gasteiger partial charge on any atom is 0.416 e. The zero-order valence-electron chi connectivity index (χ0n) is 17.1. The minimum absolute atomic E-state index is 0.153. The number of carbonyl (C=O) groups is 1. The van der Waals surface area contributed by atoms with Gasteiger partial charge < -0.3 is 14.4 Å². The molecule has 2 aliphatic rings. The Hall–Kier alpha value is -2.67. The third-order valence-electron chi connectivity index (χ3n) is 5.91. The van der Waals surface area contributed by atoms with Crippen LogP contribution >= 0.6 is 0 Å². The van der Waals surface area contributed by atoms with E-state index in [1.54, 1.807) is 7.05 Å². The Kier molecular flexibility index (Phi) is 5.94. The Labute approximate surface area is 171 Å². The summed E-state index contributed by atoms with van der Waals surface area (Å²) in [5.41, 5.74) is 2.76. The summed E-state index contributed by atoms with van der Waals surface area (Å²) in [6.07, 6.45) is 8.63. The number of benzene rings is 1. The van der Waals surface area contributed by atoms with Crippen molar-refractivity contribution in [3.05, 3.63) is 41.7 Å². The van der Waals surface area contributed by atoms with Crippen molar-refractivity contribution >= 4 is 6.09 Å². The van der Waals surface area contributed by atoms with E-state index in [9.17, 15) is 4.79 Å². The second-order valence-corrected chi connectivity index (χ2v) is 7.73. The summed E-state index contributed by atoms with van der Waals surface area (Å²) in [4.78, 5) is 24.2. The molecule has 2 heterocycles. The Morgan fingerprint density at radius 1 is 1.14 bits per heavy atom. The number of amides is 1. The van der Waals surface area contributed by atoms with Crippen LogP contribution in [0.3, 0.4) is 0 Å². The van der Waals surface area contributed by atoms with Crippen molar-refractivity contribution in [2.45, 2.75) is 45.1 Å². The number of aromatic nitrogens is 2. The van der Waals surface area contributed by atoms with Crippen molar-refractivity contribution in [1.29, 1.82) is 0 Å². The van der Waals surface area contributed by atoms with E-state index in [0.717, 1.165) is 37.7 Å². The Balaban J connectivity index is 1.38. The standard InChI is InChI=1S/C22H28N4O3/c1-3-25(2)22(27)29-21-15-23-20(14-24-21)28-19-8-7-16-9-11-26(18-5-4-6-18)12-10-17(16)13-19/h7-8,13-15,18H,3-6,9-12H2,1-2H3. The molecule has 0 radical (unpaired) electrons. The van der Waals surface area contributed by atoms with Gasteiger partial charge in [-0.3, -0.25) is 4.90 Å². The zero-order chi connectivity index (χ0) is 20.2. The highest BCUT2D eigenvalue weighted by Gasteiger charge is 2.26. The summed E-state index contributed by atoms with van der Waals surface area (Å²) in [5, 5.41) is 0. The molecule has 1 fully saturated rings. The minimum atomic E-state index is -0.461. The smallest absolute Gasteiger partial charge is 0.416 e. The van der Waals surface area contributed by atoms with Crippen LogP contribution < -0.4 is 9.47 Å². The molecule has 29 heavy (non-hydrogen) atoms. The molecule has 7 heteroatoms. The van der Waals surface area contributed by atoms with Gasteiger partial charge in [-0.1, -0.05) is 12.5 Å². The number of ether oxygens (including phenoxy) is 2. The molecule has 0 atom stereocenters. The van der Waals surface area contributed by atoms with Crippen molar-refractivity contribution in [3.63, 3.8) is 0 Å². The SMILES string of the molecule is CCN(C)C(=O)Oc1cnc(Oc2ccc3c(c2)CCN(C2CCC2)CC3)cn1. The van der Waals surface area contributed by atoms with Crippen molar-refractivity contribution in [2.24, 2.45) is 0 Å². The molecule has 7 nitrogen and oxygen atoms in total. The van der Waals surface area contributed by atoms with Gasteiger partial charge in [0.1, 0.15) is 5.75 Å². The molecule has 1 saturated carbocycles. The Morgan fingerprint density at radius 2 is 1.86 bits per heavy atom. The number of hydrogen-bond acceptors (Lipinski definition) is 6. The van der Waals surface area contributed by atoms with Crippen LogP contribution in [-0.4, -0.2) is 58.6 Å². The van der Waals surface area contributed by atoms with Crippen LogP contribution in [0, 0.1) is 0 Å². The molecule has 1 aliphatic heterocycles. The fourth-order valence-electron chi connectivity index (χ4n) is 3.73. The maximum atomic E-state index is 11.8. The van der Waals surface area contributed by atoms with Gasteiger partial charge in [-0.2, -0.15) is 0 Å². The Morgan fingerprint density at radius 3 is 2.52 bits per heavy atom.